The fourth-order valence-corrected chi connectivity index (χ4v) is 4.25. The SMILES string of the molecule is Cc1cc(NC(=O)C2CCN(C(=O)C3CCCc4ccccc43)CC2)no1. The van der Waals surface area contributed by atoms with E-state index < -0.39 is 0 Å². The number of benzene rings is 1. The van der Waals surface area contributed by atoms with E-state index in [1.165, 1.54) is 11.1 Å². The van der Waals surface area contributed by atoms with Crippen LogP contribution in [0.3, 0.4) is 0 Å². The Hall–Kier alpha value is -2.63. The lowest BCUT2D eigenvalue weighted by atomic mass is 9.81. The zero-order valence-electron chi connectivity index (χ0n) is 15.6. The third-order valence-electron chi connectivity index (χ3n) is 5.72. The summed E-state index contributed by atoms with van der Waals surface area (Å²) in [6.07, 6.45) is 4.40. The summed E-state index contributed by atoms with van der Waals surface area (Å²) in [6.45, 7) is 3.05. The van der Waals surface area contributed by atoms with Crippen LogP contribution in [0.25, 0.3) is 0 Å². The number of carbonyl (C=O) groups excluding carboxylic acids is 2. The minimum absolute atomic E-state index is 0.0292. The van der Waals surface area contributed by atoms with E-state index in [0.717, 1.165) is 19.3 Å². The molecule has 1 aromatic carbocycles. The second-order valence-electron chi connectivity index (χ2n) is 7.56. The topological polar surface area (TPSA) is 75.4 Å². The van der Waals surface area contributed by atoms with Gasteiger partial charge in [0.1, 0.15) is 5.76 Å². The molecule has 2 aliphatic rings. The fraction of sp³-hybridized carbons (Fsp3) is 0.476. The normalized spacial score (nSPS) is 20.2. The van der Waals surface area contributed by atoms with Gasteiger partial charge < -0.3 is 14.7 Å². The second kappa shape index (κ2) is 7.55. The van der Waals surface area contributed by atoms with E-state index in [0.29, 0.717) is 37.5 Å². The Bertz CT molecular complexity index is 837. The Labute approximate surface area is 158 Å². The van der Waals surface area contributed by atoms with Crippen molar-refractivity contribution in [2.45, 2.75) is 44.9 Å². The number of anilines is 1. The molecule has 2 heterocycles. The minimum Gasteiger partial charge on any atom is -0.360 e. The van der Waals surface area contributed by atoms with E-state index in [1.54, 1.807) is 13.0 Å². The number of nitrogens with one attached hydrogen (secondary N) is 1. The number of amides is 2. The average Bonchev–Trinajstić information content (AvgIpc) is 3.11. The van der Waals surface area contributed by atoms with Crippen molar-refractivity contribution in [1.82, 2.24) is 10.1 Å². The molecular weight excluding hydrogens is 342 g/mol. The maximum absolute atomic E-state index is 13.1. The van der Waals surface area contributed by atoms with Crippen LogP contribution >= 0.6 is 0 Å². The van der Waals surface area contributed by atoms with E-state index in [9.17, 15) is 9.59 Å². The summed E-state index contributed by atoms with van der Waals surface area (Å²) < 4.78 is 4.98. The van der Waals surface area contributed by atoms with Crippen molar-refractivity contribution in [1.29, 1.82) is 0 Å². The Morgan fingerprint density at radius 2 is 1.96 bits per heavy atom. The molecule has 6 nitrogen and oxygen atoms in total. The average molecular weight is 367 g/mol. The number of fused-ring (bicyclic) bond motifs is 1. The van der Waals surface area contributed by atoms with Crippen LogP contribution in [0.5, 0.6) is 0 Å². The summed E-state index contributed by atoms with van der Waals surface area (Å²) in [5.41, 5.74) is 2.49. The molecule has 0 bridgehead atoms. The Morgan fingerprint density at radius 3 is 2.70 bits per heavy atom. The van der Waals surface area contributed by atoms with Gasteiger partial charge in [0, 0.05) is 25.1 Å². The lowest BCUT2D eigenvalue weighted by Gasteiger charge is -2.35. The highest BCUT2D eigenvalue weighted by atomic mass is 16.5. The van der Waals surface area contributed by atoms with E-state index in [-0.39, 0.29) is 23.7 Å². The maximum atomic E-state index is 13.1. The van der Waals surface area contributed by atoms with E-state index in [4.69, 9.17) is 4.52 Å². The number of aromatic nitrogens is 1. The smallest absolute Gasteiger partial charge is 0.230 e. The first-order valence-corrected chi connectivity index (χ1v) is 9.72. The van der Waals surface area contributed by atoms with Crippen LogP contribution in [0.2, 0.25) is 0 Å². The molecule has 6 heteroatoms. The van der Waals surface area contributed by atoms with Crippen LogP contribution < -0.4 is 5.32 Å². The van der Waals surface area contributed by atoms with Gasteiger partial charge in [-0.25, -0.2) is 0 Å². The number of likely N-dealkylation sites (tertiary alicyclic amines) is 1. The van der Waals surface area contributed by atoms with Crippen LogP contribution in [0.4, 0.5) is 5.82 Å². The second-order valence-corrected chi connectivity index (χ2v) is 7.56. The fourth-order valence-electron chi connectivity index (χ4n) is 4.25. The molecule has 27 heavy (non-hydrogen) atoms. The number of aryl methyl sites for hydroxylation is 2. The lowest BCUT2D eigenvalue weighted by molar-refractivity contribution is -0.136. The number of nitrogens with zero attached hydrogens (tertiary/aromatic N) is 2. The molecule has 0 radical (unpaired) electrons. The number of hydrogen-bond donors (Lipinski definition) is 1. The van der Waals surface area contributed by atoms with Gasteiger partial charge in [0.05, 0.1) is 5.92 Å². The van der Waals surface area contributed by atoms with Gasteiger partial charge in [-0.05, 0) is 50.2 Å². The molecule has 2 aromatic rings. The number of hydrogen-bond acceptors (Lipinski definition) is 4. The zero-order chi connectivity index (χ0) is 18.8. The number of piperidine rings is 1. The highest BCUT2D eigenvalue weighted by Gasteiger charge is 2.33. The van der Waals surface area contributed by atoms with Crippen molar-refractivity contribution in [3.8, 4) is 0 Å². The Balaban J connectivity index is 1.35. The quantitative estimate of drug-likeness (QED) is 0.903. The van der Waals surface area contributed by atoms with Crippen molar-refractivity contribution < 1.29 is 14.1 Å². The summed E-state index contributed by atoms with van der Waals surface area (Å²) >= 11 is 0. The van der Waals surface area contributed by atoms with Crippen LogP contribution in [0.1, 0.15) is 48.5 Å². The van der Waals surface area contributed by atoms with E-state index >= 15 is 0 Å². The number of carbonyl (C=O) groups is 2. The minimum atomic E-state index is -0.0929. The van der Waals surface area contributed by atoms with Gasteiger partial charge in [-0.3, -0.25) is 9.59 Å². The maximum Gasteiger partial charge on any atom is 0.230 e. The number of rotatable bonds is 3. The first-order chi connectivity index (χ1) is 13.1. The molecule has 0 spiro atoms. The van der Waals surface area contributed by atoms with E-state index in [1.807, 2.05) is 17.0 Å². The predicted molar refractivity (Wildman–Crippen MR) is 101 cm³/mol. The van der Waals surface area contributed by atoms with Gasteiger partial charge >= 0.3 is 0 Å². The van der Waals surface area contributed by atoms with Gasteiger partial charge in [0.2, 0.25) is 11.8 Å². The molecule has 1 aliphatic heterocycles. The monoisotopic (exact) mass is 367 g/mol. The molecule has 142 valence electrons. The molecule has 1 unspecified atom stereocenters. The van der Waals surface area contributed by atoms with Gasteiger partial charge in [-0.15, -0.1) is 0 Å². The first kappa shape index (κ1) is 17.8. The Kier molecular flexibility index (Phi) is 4.97. The third kappa shape index (κ3) is 3.75. The first-order valence-electron chi connectivity index (χ1n) is 9.72. The lowest BCUT2D eigenvalue weighted by Crippen LogP contribution is -2.44. The molecular formula is C21H25N3O3. The predicted octanol–water partition coefficient (Wildman–Crippen LogP) is 3.28. The zero-order valence-corrected chi connectivity index (χ0v) is 15.6. The van der Waals surface area contributed by atoms with Crippen molar-refractivity contribution in [2.75, 3.05) is 18.4 Å². The molecule has 1 atom stereocenters. The van der Waals surface area contributed by atoms with Crippen molar-refractivity contribution in [3.63, 3.8) is 0 Å². The molecule has 1 aliphatic carbocycles. The third-order valence-corrected chi connectivity index (χ3v) is 5.72. The summed E-state index contributed by atoms with van der Waals surface area (Å²) in [4.78, 5) is 27.5. The summed E-state index contributed by atoms with van der Waals surface area (Å²) in [5, 5.41) is 6.61. The van der Waals surface area contributed by atoms with Crippen LogP contribution in [0, 0.1) is 12.8 Å². The highest BCUT2D eigenvalue weighted by Crippen LogP contribution is 2.34. The van der Waals surface area contributed by atoms with Crippen molar-refractivity contribution >= 4 is 17.6 Å². The standard InChI is InChI=1S/C21H25N3O3/c1-14-13-19(23-27-14)22-20(25)16-9-11-24(12-10-16)21(26)18-8-4-6-15-5-2-3-7-17(15)18/h2-3,5,7,13,16,18H,4,6,8-12H2,1H3,(H,22,23,25). The van der Waals surface area contributed by atoms with Gasteiger partial charge in [0.15, 0.2) is 5.82 Å². The molecule has 1 aromatic heterocycles. The summed E-state index contributed by atoms with van der Waals surface area (Å²) in [5.74, 6) is 1.17. The van der Waals surface area contributed by atoms with Crippen LogP contribution in [-0.4, -0.2) is 35.0 Å². The van der Waals surface area contributed by atoms with E-state index in [2.05, 4.69) is 22.6 Å². The van der Waals surface area contributed by atoms with Gasteiger partial charge in [-0.2, -0.15) is 0 Å². The summed E-state index contributed by atoms with van der Waals surface area (Å²) in [6, 6.07) is 10.0. The van der Waals surface area contributed by atoms with Gasteiger partial charge in [-0.1, -0.05) is 29.4 Å². The highest BCUT2D eigenvalue weighted by molar-refractivity contribution is 5.92. The summed E-state index contributed by atoms with van der Waals surface area (Å²) in [7, 11) is 0. The van der Waals surface area contributed by atoms with Gasteiger partial charge in [0.25, 0.3) is 0 Å². The Morgan fingerprint density at radius 1 is 1.19 bits per heavy atom. The largest absolute Gasteiger partial charge is 0.360 e. The molecule has 4 rings (SSSR count). The van der Waals surface area contributed by atoms with Crippen LogP contribution in [-0.2, 0) is 16.0 Å². The molecule has 2 amide bonds. The molecule has 1 saturated heterocycles. The molecule has 1 fully saturated rings. The van der Waals surface area contributed by atoms with Crippen molar-refractivity contribution in [2.24, 2.45) is 5.92 Å². The van der Waals surface area contributed by atoms with Crippen molar-refractivity contribution in [3.05, 3.63) is 47.2 Å². The van der Waals surface area contributed by atoms with Crippen LogP contribution in [0.15, 0.2) is 34.9 Å². The molecule has 0 saturated carbocycles. The molecule has 1 N–H and O–H groups in total.